The Morgan fingerprint density at radius 2 is 2.18 bits per heavy atom. The van der Waals surface area contributed by atoms with E-state index in [4.69, 9.17) is 0 Å². The number of H-pyrrole nitrogens is 1. The monoisotopic (exact) mass is 496 g/mol. The lowest BCUT2D eigenvalue weighted by molar-refractivity contribution is -0.113. The SMILES string of the molecule is C=CCSc1nc2ccc(NC(=O)CSc3n[nH]c(N/N=C(\C)c4ccccn4)n3)cc2s1. The van der Waals surface area contributed by atoms with Gasteiger partial charge in [-0.3, -0.25) is 9.78 Å². The van der Waals surface area contributed by atoms with Crippen LogP contribution >= 0.6 is 34.9 Å². The van der Waals surface area contributed by atoms with Crippen LogP contribution < -0.4 is 10.7 Å². The molecule has 0 fully saturated rings. The molecule has 0 atom stereocenters. The van der Waals surface area contributed by atoms with Crippen molar-refractivity contribution in [2.75, 3.05) is 22.2 Å². The van der Waals surface area contributed by atoms with Crippen LogP contribution in [0.4, 0.5) is 11.6 Å². The molecule has 0 unspecified atom stereocenters. The molecule has 1 amide bonds. The third-order valence-electron chi connectivity index (χ3n) is 4.14. The molecule has 3 heterocycles. The third kappa shape index (κ3) is 6.40. The van der Waals surface area contributed by atoms with Gasteiger partial charge in [0, 0.05) is 17.6 Å². The zero-order valence-corrected chi connectivity index (χ0v) is 20.1. The van der Waals surface area contributed by atoms with Gasteiger partial charge in [-0.15, -0.1) is 23.0 Å². The summed E-state index contributed by atoms with van der Waals surface area (Å²) in [5, 5.41) is 14.5. The minimum absolute atomic E-state index is 0.145. The van der Waals surface area contributed by atoms with E-state index in [2.05, 4.69) is 47.6 Å². The number of aromatic nitrogens is 5. The van der Waals surface area contributed by atoms with Crippen molar-refractivity contribution in [2.45, 2.75) is 16.4 Å². The van der Waals surface area contributed by atoms with E-state index in [9.17, 15) is 4.79 Å². The highest BCUT2D eigenvalue weighted by atomic mass is 32.2. The van der Waals surface area contributed by atoms with Gasteiger partial charge in [0.25, 0.3) is 0 Å². The zero-order valence-electron chi connectivity index (χ0n) is 17.6. The van der Waals surface area contributed by atoms with Crippen LogP contribution in [-0.2, 0) is 4.79 Å². The van der Waals surface area contributed by atoms with Gasteiger partial charge in [0.15, 0.2) is 4.34 Å². The van der Waals surface area contributed by atoms with Gasteiger partial charge in [-0.05, 0) is 37.3 Å². The quantitative estimate of drug-likeness (QED) is 0.126. The van der Waals surface area contributed by atoms with Crippen LogP contribution in [0.2, 0.25) is 0 Å². The average molecular weight is 497 g/mol. The number of rotatable bonds is 10. The molecular weight excluding hydrogens is 476 g/mol. The van der Waals surface area contributed by atoms with E-state index in [-0.39, 0.29) is 11.7 Å². The molecule has 4 rings (SSSR count). The largest absolute Gasteiger partial charge is 0.325 e. The van der Waals surface area contributed by atoms with Crippen LogP contribution in [0.15, 0.2) is 69.8 Å². The normalized spacial score (nSPS) is 11.5. The average Bonchev–Trinajstić information content (AvgIpc) is 3.46. The predicted octanol–water partition coefficient (Wildman–Crippen LogP) is 4.65. The predicted molar refractivity (Wildman–Crippen MR) is 136 cm³/mol. The molecular formula is C21H20N8OS3. The fourth-order valence-corrected chi connectivity index (χ4v) is 5.10. The number of nitrogens with one attached hydrogen (secondary N) is 3. The van der Waals surface area contributed by atoms with Crippen LogP contribution in [0.1, 0.15) is 12.6 Å². The van der Waals surface area contributed by atoms with Crippen molar-refractivity contribution in [3.8, 4) is 0 Å². The number of hydrazone groups is 1. The molecule has 0 aliphatic carbocycles. The minimum Gasteiger partial charge on any atom is -0.325 e. The summed E-state index contributed by atoms with van der Waals surface area (Å²) in [5.41, 5.74) is 5.94. The van der Waals surface area contributed by atoms with Crippen LogP contribution in [0.5, 0.6) is 0 Å². The van der Waals surface area contributed by atoms with Gasteiger partial charge in [0.05, 0.1) is 27.4 Å². The van der Waals surface area contributed by atoms with Gasteiger partial charge >= 0.3 is 0 Å². The number of nitrogens with zero attached hydrogens (tertiary/aromatic N) is 5. The molecule has 0 aliphatic heterocycles. The minimum atomic E-state index is -0.145. The number of benzene rings is 1. The number of thiazole rings is 1. The van der Waals surface area contributed by atoms with Gasteiger partial charge in [-0.1, -0.05) is 35.7 Å². The Morgan fingerprint density at radius 1 is 1.27 bits per heavy atom. The first kappa shape index (κ1) is 23.0. The van der Waals surface area contributed by atoms with Crippen LogP contribution in [0.25, 0.3) is 10.2 Å². The lowest BCUT2D eigenvalue weighted by Gasteiger charge is -2.03. The molecule has 12 heteroatoms. The molecule has 0 aliphatic rings. The molecule has 168 valence electrons. The molecule has 3 aromatic heterocycles. The number of hydrogen-bond donors (Lipinski definition) is 3. The number of amides is 1. The van der Waals surface area contributed by atoms with E-state index >= 15 is 0 Å². The summed E-state index contributed by atoms with van der Waals surface area (Å²) in [4.78, 5) is 25.5. The molecule has 1 aromatic carbocycles. The standard InChI is InChI=1S/C21H20N8OS3/c1-3-10-31-21-24-16-8-7-14(11-17(16)33-21)23-18(30)12-32-20-25-19(28-29-20)27-26-13(2)15-6-4-5-9-22-15/h3-9,11H,1,10,12H2,2H3,(H,23,30)(H2,25,27,28,29)/b26-13+. The molecule has 0 bridgehead atoms. The molecule has 4 aromatic rings. The molecule has 33 heavy (non-hydrogen) atoms. The van der Waals surface area contributed by atoms with Crippen molar-refractivity contribution in [1.29, 1.82) is 0 Å². The topological polar surface area (TPSA) is 121 Å². The second-order valence-corrected chi connectivity index (χ2v) is 9.83. The Hall–Kier alpha value is -3.22. The van der Waals surface area contributed by atoms with Crippen LogP contribution in [0.3, 0.4) is 0 Å². The number of pyridine rings is 1. The summed E-state index contributed by atoms with van der Waals surface area (Å²) >= 11 is 4.47. The van der Waals surface area contributed by atoms with Crippen LogP contribution in [-0.4, -0.2) is 48.3 Å². The van der Waals surface area contributed by atoms with Gasteiger partial charge in [-0.2, -0.15) is 10.1 Å². The van der Waals surface area contributed by atoms with Crippen molar-refractivity contribution in [1.82, 2.24) is 25.1 Å². The van der Waals surface area contributed by atoms with Gasteiger partial charge in [0.1, 0.15) is 0 Å². The second-order valence-electron chi connectivity index (χ2n) is 6.59. The lowest BCUT2D eigenvalue weighted by atomic mass is 10.3. The Labute approximate surface area is 202 Å². The lowest BCUT2D eigenvalue weighted by Crippen LogP contribution is -2.14. The fraction of sp³-hybridized carbons (Fsp3) is 0.143. The summed E-state index contributed by atoms with van der Waals surface area (Å²) in [6.07, 6.45) is 3.56. The summed E-state index contributed by atoms with van der Waals surface area (Å²) < 4.78 is 2.01. The Bertz CT molecular complexity index is 1290. The van der Waals surface area contributed by atoms with Crippen molar-refractivity contribution in [2.24, 2.45) is 5.10 Å². The molecule has 3 N–H and O–H groups in total. The van der Waals surface area contributed by atoms with E-state index < -0.39 is 0 Å². The summed E-state index contributed by atoms with van der Waals surface area (Å²) in [6.45, 7) is 5.57. The Kier molecular flexibility index (Phi) is 7.70. The highest BCUT2D eigenvalue weighted by Crippen LogP contribution is 2.31. The number of thioether (sulfide) groups is 2. The fourth-order valence-electron chi connectivity index (χ4n) is 2.63. The highest BCUT2D eigenvalue weighted by Gasteiger charge is 2.10. The maximum absolute atomic E-state index is 12.4. The van der Waals surface area contributed by atoms with E-state index in [0.717, 1.165) is 31.7 Å². The van der Waals surface area contributed by atoms with Gasteiger partial charge < -0.3 is 5.32 Å². The summed E-state index contributed by atoms with van der Waals surface area (Å²) in [7, 11) is 0. The number of anilines is 2. The number of carbonyl (C=O) groups is 1. The number of hydrogen-bond acceptors (Lipinski definition) is 10. The van der Waals surface area contributed by atoms with E-state index in [1.807, 2.05) is 49.4 Å². The van der Waals surface area contributed by atoms with E-state index in [0.29, 0.717) is 16.8 Å². The smallest absolute Gasteiger partial charge is 0.240 e. The van der Waals surface area contributed by atoms with Crippen molar-refractivity contribution >= 4 is 68.3 Å². The van der Waals surface area contributed by atoms with E-state index in [1.165, 1.54) is 11.8 Å². The number of carbonyl (C=O) groups excluding carboxylic acids is 1. The van der Waals surface area contributed by atoms with Gasteiger partial charge in [-0.25, -0.2) is 15.5 Å². The first-order valence-electron chi connectivity index (χ1n) is 9.82. The number of aromatic amines is 1. The van der Waals surface area contributed by atoms with Crippen molar-refractivity contribution in [3.05, 3.63) is 60.9 Å². The molecule has 9 nitrogen and oxygen atoms in total. The second kappa shape index (κ2) is 11.1. The maximum atomic E-state index is 12.4. The van der Waals surface area contributed by atoms with Crippen molar-refractivity contribution < 1.29 is 4.79 Å². The van der Waals surface area contributed by atoms with Gasteiger partial charge in [0.2, 0.25) is 17.0 Å². The highest BCUT2D eigenvalue weighted by molar-refractivity contribution is 8.01. The van der Waals surface area contributed by atoms with Crippen molar-refractivity contribution in [3.63, 3.8) is 0 Å². The Morgan fingerprint density at radius 3 is 3.00 bits per heavy atom. The number of fused-ring (bicyclic) bond motifs is 1. The third-order valence-corrected chi connectivity index (χ3v) is 7.14. The summed E-state index contributed by atoms with van der Waals surface area (Å²) in [5.74, 6) is 1.23. The maximum Gasteiger partial charge on any atom is 0.240 e. The molecule has 0 saturated carbocycles. The Balaban J connectivity index is 1.28. The molecule has 0 radical (unpaired) electrons. The van der Waals surface area contributed by atoms with Crippen LogP contribution in [0, 0.1) is 0 Å². The summed E-state index contributed by atoms with van der Waals surface area (Å²) in [6, 6.07) is 11.3. The molecule has 0 saturated heterocycles. The first-order valence-corrected chi connectivity index (χ1v) is 12.6. The first-order chi connectivity index (χ1) is 16.1. The zero-order chi connectivity index (χ0) is 23.0. The van der Waals surface area contributed by atoms with E-state index in [1.54, 1.807) is 29.3 Å². The molecule has 0 spiro atoms.